The van der Waals surface area contributed by atoms with Gasteiger partial charge in [0.05, 0.1) is 0 Å². The van der Waals surface area contributed by atoms with Gasteiger partial charge in [0.25, 0.3) is 0 Å². The minimum atomic E-state index is 0.266. The van der Waals surface area contributed by atoms with E-state index in [0.717, 1.165) is 29.8 Å². The normalized spacial score (nSPS) is 12.9. The average Bonchev–Trinajstić information content (AvgIpc) is 2.16. The van der Waals surface area contributed by atoms with Gasteiger partial charge in [0.1, 0.15) is 0 Å². The Morgan fingerprint density at radius 1 is 1.36 bits per heavy atom. The molecule has 0 saturated heterocycles. The van der Waals surface area contributed by atoms with Crippen LogP contribution in [0.25, 0.3) is 0 Å². The molecule has 0 aromatic heterocycles. The van der Waals surface area contributed by atoms with Crippen molar-refractivity contribution in [1.29, 1.82) is 0 Å². The van der Waals surface area contributed by atoms with E-state index in [4.69, 9.17) is 28.9 Å². The van der Waals surface area contributed by atoms with Gasteiger partial charge in [-0.3, -0.25) is 0 Å². The molecule has 0 aliphatic heterocycles. The smallest absolute Gasteiger partial charge is 0.0452 e. The second kappa shape index (κ2) is 5.59. The highest BCUT2D eigenvalue weighted by atomic mass is 35.5. The molecule has 3 heteroatoms. The highest BCUT2D eigenvalue weighted by molar-refractivity contribution is 6.35. The van der Waals surface area contributed by atoms with Gasteiger partial charge in [0.2, 0.25) is 0 Å². The molecule has 0 aliphatic rings. The molecule has 0 spiro atoms. The molecule has 0 saturated carbocycles. The van der Waals surface area contributed by atoms with E-state index in [2.05, 4.69) is 6.92 Å². The van der Waals surface area contributed by atoms with Crippen molar-refractivity contribution in [1.82, 2.24) is 0 Å². The van der Waals surface area contributed by atoms with Crippen molar-refractivity contribution in [2.45, 2.75) is 32.2 Å². The van der Waals surface area contributed by atoms with E-state index >= 15 is 0 Å². The summed E-state index contributed by atoms with van der Waals surface area (Å²) in [6.45, 7) is 2.09. The first-order chi connectivity index (χ1) is 6.63. The SMILES string of the molecule is CCC(N)CCc1ccc(Cl)cc1Cl. The monoisotopic (exact) mass is 231 g/mol. The molecule has 0 radical (unpaired) electrons. The van der Waals surface area contributed by atoms with Crippen molar-refractivity contribution in [2.75, 3.05) is 0 Å². The molecule has 0 fully saturated rings. The zero-order valence-corrected chi connectivity index (χ0v) is 9.78. The number of hydrogen-bond acceptors (Lipinski definition) is 1. The minimum absolute atomic E-state index is 0.266. The molecule has 1 aromatic carbocycles. The molecule has 1 aromatic rings. The molecular formula is C11H15Cl2N. The molecule has 1 rings (SSSR count). The Morgan fingerprint density at radius 2 is 2.07 bits per heavy atom. The van der Waals surface area contributed by atoms with Crippen LogP contribution in [-0.4, -0.2) is 6.04 Å². The Balaban J connectivity index is 2.59. The van der Waals surface area contributed by atoms with Gasteiger partial charge in [-0.1, -0.05) is 36.2 Å². The van der Waals surface area contributed by atoms with Crippen molar-refractivity contribution in [3.8, 4) is 0 Å². The molecule has 0 aliphatic carbocycles. The van der Waals surface area contributed by atoms with Crippen molar-refractivity contribution >= 4 is 23.2 Å². The zero-order chi connectivity index (χ0) is 10.6. The lowest BCUT2D eigenvalue weighted by atomic mass is 10.0. The molecule has 1 unspecified atom stereocenters. The average molecular weight is 232 g/mol. The maximum Gasteiger partial charge on any atom is 0.0452 e. The Labute approximate surface area is 95.2 Å². The van der Waals surface area contributed by atoms with Gasteiger partial charge in [0, 0.05) is 16.1 Å². The first-order valence-corrected chi connectivity index (χ1v) is 5.58. The fourth-order valence-electron chi connectivity index (χ4n) is 1.27. The van der Waals surface area contributed by atoms with Crippen LogP contribution in [0.1, 0.15) is 25.3 Å². The second-order valence-corrected chi connectivity index (χ2v) is 4.29. The number of benzene rings is 1. The molecule has 14 heavy (non-hydrogen) atoms. The number of nitrogens with two attached hydrogens (primary N) is 1. The first-order valence-electron chi connectivity index (χ1n) is 4.83. The summed E-state index contributed by atoms with van der Waals surface area (Å²) >= 11 is 11.8. The van der Waals surface area contributed by atoms with Gasteiger partial charge in [0.15, 0.2) is 0 Å². The topological polar surface area (TPSA) is 26.0 Å². The third kappa shape index (κ3) is 3.49. The highest BCUT2D eigenvalue weighted by Crippen LogP contribution is 2.22. The predicted molar refractivity (Wildman–Crippen MR) is 63.0 cm³/mol. The van der Waals surface area contributed by atoms with Crippen LogP contribution >= 0.6 is 23.2 Å². The summed E-state index contributed by atoms with van der Waals surface area (Å²) in [5.41, 5.74) is 6.96. The number of aryl methyl sites for hydroxylation is 1. The van der Waals surface area contributed by atoms with Gasteiger partial charge in [-0.05, 0) is 37.0 Å². The van der Waals surface area contributed by atoms with Gasteiger partial charge in [-0.2, -0.15) is 0 Å². The summed E-state index contributed by atoms with van der Waals surface area (Å²) in [6, 6.07) is 5.87. The van der Waals surface area contributed by atoms with Crippen LogP contribution in [0.15, 0.2) is 18.2 Å². The van der Waals surface area contributed by atoms with Crippen LogP contribution in [0.4, 0.5) is 0 Å². The van der Waals surface area contributed by atoms with Gasteiger partial charge in [-0.15, -0.1) is 0 Å². The predicted octanol–water partition coefficient (Wildman–Crippen LogP) is 3.66. The standard InChI is InChI=1S/C11H15Cl2N/c1-2-10(14)6-4-8-3-5-9(12)7-11(8)13/h3,5,7,10H,2,4,6,14H2,1H3. The first kappa shape index (κ1) is 11.8. The largest absolute Gasteiger partial charge is 0.328 e. The molecule has 0 heterocycles. The Kier molecular flexibility index (Phi) is 4.73. The summed E-state index contributed by atoms with van der Waals surface area (Å²) in [5, 5.41) is 1.42. The maximum atomic E-state index is 6.03. The van der Waals surface area contributed by atoms with E-state index in [1.165, 1.54) is 0 Å². The van der Waals surface area contributed by atoms with Gasteiger partial charge < -0.3 is 5.73 Å². The summed E-state index contributed by atoms with van der Waals surface area (Å²) in [5.74, 6) is 0. The van der Waals surface area contributed by atoms with Gasteiger partial charge in [-0.25, -0.2) is 0 Å². The molecule has 78 valence electrons. The second-order valence-electron chi connectivity index (χ2n) is 3.44. The molecule has 2 N–H and O–H groups in total. The van der Waals surface area contributed by atoms with Crippen LogP contribution < -0.4 is 5.73 Å². The fourth-order valence-corrected chi connectivity index (χ4v) is 1.77. The van der Waals surface area contributed by atoms with E-state index in [1.807, 2.05) is 12.1 Å². The molecule has 0 amide bonds. The van der Waals surface area contributed by atoms with Crippen molar-refractivity contribution in [2.24, 2.45) is 5.73 Å². The Morgan fingerprint density at radius 3 is 2.64 bits per heavy atom. The number of halogens is 2. The summed E-state index contributed by atoms with van der Waals surface area (Å²) in [7, 11) is 0. The third-order valence-electron chi connectivity index (χ3n) is 2.32. The van der Waals surface area contributed by atoms with Gasteiger partial charge >= 0.3 is 0 Å². The lowest BCUT2D eigenvalue weighted by molar-refractivity contribution is 0.596. The van der Waals surface area contributed by atoms with Crippen molar-refractivity contribution in [3.63, 3.8) is 0 Å². The summed E-state index contributed by atoms with van der Waals surface area (Å²) in [6.07, 6.45) is 2.90. The van der Waals surface area contributed by atoms with E-state index < -0.39 is 0 Å². The third-order valence-corrected chi connectivity index (χ3v) is 2.91. The lowest BCUT2D eigenvalue weighted by Gasteiger charge is -2.09. The molecule has 1 nitrogen and oxygen atoms in total. The molecular weight excluding hydrogens is 217 g/mol. The van der Waals surface area contributed by atoms with E-state index in [0.29, 0.717) is 5.02 Å². The van der Waals surface area contributed by atoms with E-state index in [1.54, 1.807) is 6.07 Å². The Bertz CT molecular complexity index is 299. The van der Waals surface area contributed by atoms with Crippen LogP contribution in [-0.2, 0) is 6.42 Å². The van der Waals surface area contributed by atoms with Crippen molar-refractivity contribution in [3.05, 3.63) is 33.8 Å². The zero-order valence-electron chi connectivity index (χ0n) is 8.26. The molecule has 0 bridgehead atoms. The van der Waals surface area contributed by atoms with Crippen LogP contribution in [0, 0.1) is 0 Å². The lowest BCUT2D eigenvalue weighted by Crippen LogP contribution is -2.19. The number of hydrogen-bond donors (Lipinski definition) is 1. The highest BCUT2D eigenvalue weighted by Gasteiger charge is 2.04. The summed E-state index contributed by atoms with van der Waals surface area (Å²) in [4.78, 5) is 0. The van der Waals surface area contributed by atoms with Crippen LogP contribution in [0.2, 0.25) is 10.0 Å². The summed E-state index contributed by atoms with van der Waals surface area (Å²) < 4.78 is 0. The quantitative estimate of drug-likeness (QED) is 0.842. The van der Waals surface area contributed by atoms with E-state index in [-0.39, 0.29) is 6.04 Å². The maximum absolute atomic E-state index is 6.03. The van der Waals surface area contributed by atoms with E-state index in [9.17, 15) is 0 Å². The number of rotatable bonds is 4. The Hall–Kier alpha value is -0.240. The minimum Gasteiger partial charge on any atom is -0.328 e. The van der Waals surface area contributed by atoms with Crippen molar-refractivity contribution < 1.29 is 0 Å². The van der Waals surface area contributed by atoms with Crippen LogP contribution in [0.5, 0.6) is 0 Å². The van der Waals surface area contributed by atoms with Crippen LogP contribution in [0.3, 0.4) is 0 Å². The molecule has 1 atom stereocenters. The fraction of sp³-hybridized carbons (Fsp3) is 0.455.